The fourth-order valence-corrected chi connectivity index (χ4v) is 6.37. The molecule has 0 spiro atoms. The fourth-order valence-electron chi connectivity index (χ4n) is 4.85. The Hall–Kier alpha value is -1.40. The van der Waals surface area contributed by atoms with E-state index in [2.05, 4.69) is 6.92 Å². The monoisotopic (exact) mass is 404 g/mol. The van der Waals surface area contributed by atoms with Crippen LogP contribution in [0.4, 0.5) is 0 Å². The summed E-state index contributed by atoms with van der Waals surface area (Å²) in [7, 11) is -3.47. The number of hydrogen-bond donors (Lipinski definition) is 0. The highest BCUT2D eigenvalue weighted by atomic mass is 32.2. The van der Waals surface area contributed by atoms with Gasteiger partial charge in [-0.1, -0.05) is 13.0 Å². The van der Waals surface area contributed by atoms with Crippen LogP contribution < -0.4 is 0 Å². The lowest BCUT2D eigenvalue weighted by molar-refractivity contribution is -0.138. The maximum Gasteiger partial charge on any atom is 0.243 e. The van der Waals surface area contributed by atoms with Crippen molar-refractivity contribution < 1.29 is 13.2 Å². The highest BCUT2D eigenvalue weighted by Crippen LogP contribution is 2.29. The van der Waals surface area contributed by atoms with Gasteiger partial charge in [-0.3, -0.25) is 4.79 Å². The Morgan fingerprint density at radius 1 is 0.929 bits per heavy atom. The second kappa shape index (κ2) is 8.15. The number of fused-ring (bicyclic) bond motifs is 1. The molecule has 3 aliphatic rings. The number of aryl methyl sites for hydroxylation is 2. The van der Waals surface area contributed by atoms with Gasteiger partial charge < -0.3 is 4.90 Å². The average molecular weight is 405 g/mol. The lowest BCUT2D eigenvalue weighted by Crippen LogP contribution is -2.46. The molecule has 0 unspecified atom stereocenters. The lowest BCUT2D eigenvalue weighted by Gasteiger charge is -2.36. The van der Waals surface area contributed by atoms with E-state index in [1.54, 1.807) is 10.4 Å². The minimum absolute atomic E-state index is 0.0246. The largest absolute Gasteiger partial charge is 0.342 e. The summed E-state index contributed by atoms with van der Waals surface area (Å²) in [5.74, 6) is 0.911. The van der Waals surface area contributed by atoms with Crippen LogP contribution in [0, 0.1) is 11.8 Å². The molecule has 1 aromatic rings. The Bertz CT molecular complexity index is 820. The van der Waals surface area contributed by atoms with Crippen molar-refractivity contribution in [3.63, 3.8) is 0 Å². The Morgan fingerprint density at radius 3 is 2.25 bits per heavy atom. The van der Waals surface area contributed by atoms with Gasteiger partial charge in [0, 0.05) is 32.1 Å². The smallest absolute Gasteiger partial charge is 0.243 e. The quantitative estimate of drug-likeness (QED) is 0.777. The van der Waals surface area contributed by atoms with Gasteiger partial charge in [0.2, 0.25) is 15.9 Å². The first kappa shape index (κ1) is 19.9. The Kier molecular flexibility index (Phi) is 5.79. The van der Waals surface area contributed by atoms with E-state index in [4.69, 9.17) is 0 Å². The maximum atomic E-state index is 13.1. The second-order valence-electron chi connectivity index (χ2n) is 8.82. The number of piperidine rings is 2. The lowest BCUT2D eigenvalue weighted by atomic mass is 9.92. The number of rotatable bonds is 3. The Balaban J connectivity index is 1.39. The summed E-state index contributed by atoms with van der Waals surface area (Å²) in [6.07, 6.45) is 7.79. The number of likely N-dealkylation sites (tertiary alicyclic amines) is 1. The van der Waals surface area contributed by atoms with Crippen LogP contribution in [0.1, 0.15) is 56.6 Å². The molecule has 0 bridgehead atoms. The molecular formula is C22H32N2O3S. The van der Waals surface area contributed by atoms with Crippen molar-refractivity contribution in [2.45, 2.75) is 63.2 Å². The van der Waals surface area contributed by atoms with E-state index in [9.17, 15) is 13.2 Å². The van der Waals surface area contributed by atoms with Gasteiger partial charge in [-0.25, -0.2) is 8.42 Å². The number of sulfonamides is 1. The van der Waals surface area contributed by atoms with Crippen LogP contribution in [0.15, 0.2) is 23.1 Å². The minimum Gasteiger partial charge on any atom is -0.342 e. The minimum atomic E-state index is -3.47. The van der Waals surface area contributed by atoms with Crippen LogP contribution in [-0.4, -0.2) is 49.7 Å². The van der Waals surface area contributed by atoms with Crippen LogP contribution in [0.25, 0.3) is 0 Å². The molecular weight excluding hydrogens is 372 g/mol. The normalized spacial score (nSPS) is 22.8. The summed E-state index contributed by atoms with van der Waals surface area (Å²) in [4.78, 5) is 15.2. The third kappa shape index (κ3) is 3.99. The number of nitrogens with zero attached hydrogens (tertiary/aromatic N) is 2. The molecule has 2 saturated heterocycles. The summed E-state index contributed by atoms with van der Waals surface area (Å²) < 4.78 is 27.8. The standard InChI is InChI=1S/C22H32N2O3S/c1-17-8-12-23(13-9-17)22(25)19-10-14-24(15-11-19)28(26,27)21-7-6-18-4-2-3-5-20(18)16-21/h6-7,16-17,19H,2-5,8-15H2,1H3. The van der Waals surface area contributed by atoms with E-state index in [1.807, 2.05) is 17.0 Å². The van der Waals surface area contributed by atoms with Crippen LogP contribution in [-0.2, 0) is 27.7 Å². The molecule has 2 aliphatic heterocycles. The van der Waals surface area contributed by atoms with Crippen molar-refractivity contribution in [2.24, 2.45) is 11.8 Å². The molecule has 1 amide bonds. The van der Waals surface area contributed by atoms with Crippen molar-refractivity contribution >= 4 is 15.9 Å². The van der Waals surface area contributed by atoms with E-state index in [1.165, 1.54) is 17.5 Å². The predicted octanol–water partition coefficient (Wildman–Crippen LogP) is 3.22. The Morgan fingerprint density at radius 2 is 1.57 bits per heavy atom. The summed E-state index contributed by atoms with van der Waals surface area (Å²) >= 11 is 0. The summed E-state index contributed by atoms with van der Waals surface area (Å²) in [5.41, 5.74) is 2.49. The van der Waals surface area contributed by atoms with Gasteiger partial charge in [0.05, 0.1) is 4.90 Å². The molecule has 4 rings (SSSR count). The summed E-state index contributed by atoms with van der Waals surface area (Å²) in [5, 5.41) is 0. The van der Waals surface area contributed by atoms with Gasteiger partial charge in [0.1, 0.15) is 0 Å². The SMILES string of the molecule is CC1CCN(C(=O)C2CCN(S(=O)(=O)c3ccc4c(c3)CCCC4)CC2)CC1. The van der Waals surface area contributed by atoms with Crippen LogP contribution in [0.3, 0.4) is 0 Å². The zero-order chi connectivity index (χ0) is 19.7. The highest BCUT2D eigenvalue weighted by Gasteiger charge is 2.34. The number of hydrogen-bond acceptors (Lipinski definition) is 3. The van der Waals surface area contributed by atoms with Gasteiger partial charge in [-0.05, 0) is 80.5 Å². The molecule has 0 atom stereocenters. The molecule has 5 nitrogen and oxygen atoms in total. The first-order valence-corrected chi connectivity index (χ1v) is 12.3. The van der Waals surface area contributed by atoms with E-state index >= 15 is 0 Å². The van der Waals surface area contributed by atoms with Crippen molar-refractivity contribution in [1.29, 1.82) is 0 Å². The maximum absolute atomic E-state index is 13.1. The molecule has 0 aromatic heterocycles. The molecule has 6 heteroatoms. The summed E-state index contributed by atoms with van der Waals surface area (Å²) in [6.45, 7) is 4.84. The van der Waals surface area contributed by atoms with Crippen LogP contribution >= 0.6 is 0 Å². The number of carbonyl (C=O) groups is 1. The van der Waals surface area contributed by atoms with E-state index in [0.717, 1.165) is 45.2 Å². The van der Waals surface area contributed by atoms with Crippen LogP contribution in [0.5, 0.6) is 0 Å². The topological polar surface area (TPSA) is 57.7 Å². The van der Waals surface area contributed by atoms with Crippen molar-refractivity contribution in [1.82, 2.24) is 9.21 Å². The predicted molar refractivity (Wildman–Crippen MR) is 110 cm³/mol. The van der Waals surface area contributed by atoms with Gasteiger partial charge in [-0.2, -0.15) is 4.31 Å². The third-order valence-corrected chi connectivity index (χ3v) is 8.75. The van der Waals surface area contributed by atoms with Gasteiger partial charge >= 0.3 is 0 Å². The van der Waals surface area contributed by atoms with E-state index in [-0.39, 0.29) is 11.8 Å². The number of benzene rings is 1. The molecule has 1 aliphatic carbocycles. The number of carbonyl (C=O) groups excluding carboxylic acids is 1. The molecule has 2 fully saturated rings. The fraction of sp³-hybridized carbons (Fsp3) is 0.682. The van der Waals surface area contributed by atoms with Crippen LogP contribution in [0.2, 0.25) is 0 Å². The first-order chi connectivity index (χ1) is 13.4. The van der Waals surface area contributed by atoms with Crippen molar-refractivity contribution in [3.8, 4) is 0 Å². The molecule has 154 valence electrons. The number of amides is 1. The highest BCUT2D eigenvalue weighted by molar-refractivity contribution is 7.89. The first-order valence-electron chi connectivity index (χ1n) is 10.9. The van der Waals surface area contributed by atoms with Gasteiger partial charge in [0.15, 0.2) is 0 Å². The molecule has 28 heavy (non-hydrogen) atoms. The van der Waals surface area contributed by atoms with Gasteiger partial charge in [-0.15, -0.1) is 0 Å². The Labute approximate surface area is 169 Å². The average Bonchev–Trinajstić information content (AvgIpc) is 2.73. The molecule has 0 N–H and O–H groups in total. The zero-order valence-corrected chi connectivity index (χ0v) is 17.7. The van der Waals surface area contributed by atoms with Crippen molar-refractivity contribution in [2.75, 3.05) is 26.2 Å². The zero-order valence-electron chi connectivity index (χ0n) is 16.9. The third-order valence-electron chi connectivity index (χ3n) is 6.86. The van der Waals surface area contributed by atoms with E-state index in [0.29, 0.717) is 36.7 Å². The molecule has 1 aromatic carbocycles. The van der Waals surface area contributed by atoms with Gasteiger partial charge in [0.25, 0.3) is 0 Å². The summed E-state index contributed by atoms with van der Waals surface area (Å²) in [6, 6.07) is 5.65. The molecule has 0 radical (unpaired) electrons. The molecule has 2 heterocycles. The molecule has 0 saturated carbocycles. The van der Waals surface area contributed by atoms with Crippen molar-refractivity contribution in [3.05, 3.63) is 29.3 Å². The van der Waals surface area contributed by atoms with E-state index < -0.39 is 10.0 Å². The second-order valence-corrected chi connectivity index (χ2v) is 10.8.